The normalized spacial score (nSPS) is 11.5. The van der Waals surface area contributed by atoms with E-state index in [0.717, 1.165) is 56.4 Å². The van der Waals surface area contributed by atoms with E-state index in [0.29, 0.717) is 12.0 Å². The maximum Gasteiger partial charge on any atom is 0.338 e. The third-order valence-corrected chi connectivity index (χ3v) is 6.34. The molecule has 0 amide bonds. The van der Waals surface area contributed by atoms with Gasteiger partial charge in [-0.1, -0.05) is 83.1 Å². The third-order valence-electron chi connectivity index (χ3n) is 6.34. The lowest BCUT2D eigenvalue weighted by Gasteiger charge is -2.14. The topological polar surface area (TPSA) is 52.6 Å². The first-order chi connectivity index (χ1) is 17.6. The van der Waals surface area contributed by atoms with Crippen LogP contribution in [-0.2, 0) is 22.4 Å². The number of hydrogen-bond acceptors (Lipinski definition) is 4. The molecule has 1 atom stereocenters. The number of terminal acetylenes is 1. The standard InChI is InChI=1S/C32H42O4/c1-4-7-9-10-11-13-25-35-29-23-19-27(20-24-29)16-15-26-17-21-28(22-18-26)32(34)36-31(30(33)6-3)14-12-8-5-2/h3,17-24,31H,4-5,7-16,25H2,1-2H3. The van der Waals surface area contributed by atoms with Gasteiger partial charge in [0.2, 0.25) is 5.78 Å². The largest absolute Gasteiger partial charge is 0.494 e. The van der Waals surface area contributed by atoms with Crippen molar-refractivity contribution in [3.63, 3.8) is 0 Å². The van der Waals surface area contributed by atoms with Gasteiger partial charge in [0.1, 0.15) is 5.75 Å². The number of Topliss-reactive ketones (excluding diaryl/α,β-unsaturated/α-hetero) is 1. The van der Waals surface area contributed by atoms with Crippen LogP contribution in [0.25, 0.3) is 0 Å². The van der Waals surface area contributed by atoms with E-state index in [-0.39, 0.29) is 0 Å². The minimum absolute atomic E-state index is 0.427. The Morgan fingerprint density at radius 3 is 1.94 bits per heavy atom. The molecule has 2 rings (SSSR count). The molecule has 0 bridgehead atoms. The molecule has 0 aliphatic heterocycles. The van der Waals surface area contributed by atoms with Crippen LogP contribution in [-0.4, -0.2) is 24.5 Å². The lowest BCUT2D eigenvalue weighted by atomic mass is 10.0. The van der Waals surface area contributed by atoms with Gasteiger partial charge in [-0.25, -0.2) is 4.79 Å². The zero-order valence-corrected chi connectivity index (χ0v) is 22.1. The molecule has 194 valence electrons. The smallest absolute Gasteiger partial charge is 0.338 e. The molecular weight excluding hydrogens is 448 g/mol. The van der Waals surface area contributed by atoms with Gasteiger partial charge in [0.25, 0.3) is 0 Å². The number of benzene rings is 2. The quantitative estimate of drug-likeness (QED) is 0.0938. The van der Waals surface area contributed by atoms with Crippen LogP contribution >= 0.6 is 0 Å². The SMILES string of the molecule is C#CC(=O)C(CCCCC)OC(=O)c1ccc(CCc2ccc(OCCCCCCCC)cc2)cc1. The summed E-state index contributed by atoms with van der Waals surface area (Å²) in [4.78, 5) is 24.5. The van der Waals surface area contributed by atoms with Crippen molar-refractivity contribution in [2.24, 2.45) is 0 Å². The Kier molecular flexibility index (Phi) is 14.1. The molecule has 0 saturated carbocycles. The van der Waals surface area contributed by atoms with Crippen LogP contribution < -0.4 is 4.74 Å². The molecule has 0 spiro atoms. The highest BCUT2D eigenvalue weighted by atomic mass is 16.5. The molecule has 0 saturated heterocycles. The van der Waals surface area contributed by atoms with Crippen molar-refractivity contribution in [2.75, 3.05) is 6.61 Å². The van der Waals surface area contributed by atoms with Gasteiger partial charge in [0.05, 0.1) is 12.2 Å². The number of ketones is 1. The monoisotopic (exact) mass is 490 g/mol. The highest BCUT2D eigenvalue weighted by molar-refractivity contribution is 6.00. The summed E-state index contributed by atoms with van der Waals surface area (Å²) in [6.45, 7) is 5.09. The number of aryl methyl sites for hydroxylation is 2. The molecule has 0 aromatic heterocycles. The second kappa shape index (κ2) is 17.4. The van der Waals surface area contributed by atoms with E-state index in [4.69, 9.17) is 15.9 Å². The summed E-state index contributed by atoms with van der Waals surface area (Å²) < 4.78 is 11.3. The Bertz CT molecular complexity index is 938. The fourth-order valence-electron chi connectivity index (χ4n) is 4.03. The zero-order chi connectivity index (χ0) is 26.0. The summed E-state index contributed by atoms with van der Waals surface area (Å²) in [5.74, 6) is 2.03. The van der Waals surface area contributed by atoms with E-state index in [1.165, 1.54) is 37.7 Å². The van der Waals surface area contributed by atoms with E-state index in [2.05, 4.69) is 31.9 Å². The number of carbonyl (C=O) groups is 2. The molecule has 0 heterocycles. The second-order valence-electron chi connectivity index (χ2n) is 9.36. The van der Waals surface area contributed by atoms with Crippen LogP contribution in [0.5, 0.6) is 5.75 Å². The average molecular weight is 491 g/mol. The van der Waals surface area contributed by atoms with E-state index in [9.17, 15) is 9.59 Å². The molecule has 0 aliphatic rings. The number of ether oxygens (including phenoxy) is 2. The summed E-state index contributed by atoms with van der Waals surface area (Å²) in [7, 11) is 0. The van der Waals surface area contributed by atoms with Crippen LogP contribution in [0.15, 0.2) is 48.5 Å². The maximum absolute atomic E-state index is 12.5. The molecule has 2 aromatic carbocycles. The first-order valence-corrected chi connectivity index (χ1v) is 13.6. The van der Waals surface area contributed by atoms with Crippen LogP contribution in [0.1, 0.15) is 99.5 Å². The number of hydrogen-bond donors (Lipinski definition) is 0. The van der Waals surface area contributed by atoms with Crippen molar-refractivity contribution >= 4 is 11.8 Å². The molecule has 4 nitrogen and oxygen atoms in total. The minimum atomic E-state index is -0.869. The summed E-state index contributed by atoms with van der Waals surface area (Å²) in [5.41, 5.74) is 2.80. The van der Waals surface area contributed by atoms with Crippen molar-refractivity contribution in [3.05, 3.63) is 65.2 Å². The van der Waals surface area contributed by atoms with Gasteiger partial charge in [-0.2, -0.15) is 0 Å². The second-order valence-corrected chi connectivity index (χ2v) is 9.36. The number of esters is 1. The van der Waals surface area contributed by atoms with Crippen LogP contribution in [0, 0.1) is 12.3 Å². The van der Waals surface area contributed by atoms with Crippen LogP contribution in [0.3, 0.4) is 0 Å². The van der Waals surface area contributed by atoms with E-state index < -0.39 is 17.9 Å². The highest BCUT2D eigenvalue weighted by Crippen LogP contribution is 2.17. The van der Waals surface area contributed by atoms with E-state index >= 15 is 0 Å². The van der Waals surface area contributed by atoms with Gasteiger partial charge in [-0.05, 0) is 73.4 Å². The molecular formula is C32H42O4. The Balaban J connectivity index is 1.76. The first-order valence-electron chi connectivity index (χ1n) is 13.6. The van der Waals surface area contributed by atoms with Gasteiger partial charge >= 0.3 is 5.97 Å². The first kappa shape index (κ1) is 29.2. The van der Waals surface area contributed by atoms with Crippen molar-refractivity contribution in [1.82, 2.24) is 0 Å². The minimum Gasteiger partial charge on any atom is -0.494 e. The number of unbranched alkanes of at least 4 members (excludes halogenated alkanes) is 7. The fraction of sp³-hybridized carbons (Fsp3) is 0.500. The van der Waals surface area contributed by atoms with E-state index in [1.807, 2.05) is 24.3 Å². The molecule has 36 heavy (non-hydrogen) atoms. The average Bonchev–Trinajstić information content (AvgIpc) is 2.91. The highest BCUT2D eigenvalue weighted by Gasteiger charge is 2.21. The fourth-order valence-corrected chi connectivity index (χ4v) is 4.03. The van der Waals surface area contributed by atoms with Gasteiger partial charge in [-0.3, -0.25) is 4.79 Å². The number of rotatable bonds is 18. The molecule has 0 radical (unpaired) electrons. The number of carbonyl (C=O) groups excluding carboxylic acids is 2. The molecule has 1 unspecified atom stereocenters. The summed E-state index contributed by atoms with van der Waals surface area (Å²) in [5, 5.41) is 0. The van der Waals surface area contributed by atoms with Crippen molar-refractivity contribution in [1.29, 1.82) is 0 Å². The van der Waals surface area contributed by atoms with Gasteiger partial charge < -0.3 is 9.47 Å². The Labute approximate surface area is 217 Å². The molecule has 0 aliphatic carbocycles. The van der Waals surface area contributed by atoms with Gasteiger partial charge in [0.15, 0.2) is 6.10 Å². The summed E-state index contributed by atoms with van der Waals surface area (Å²) in [6.07, 6.45) is 17.0. The lowest BCUT2D eigenvalue weighted by Crippen LogP contribution is -2.26. The maximum atomic E-state index is 12.5. The predicted molar refractivity (Wildman–Crippen MR) is 146 cm³/mol. The molecule has 2 aromatic rings. The lowest BCUT2D eigenvalue weighted by molar-refractivity contribution is -0.122. The van der Waals surface area contributed by atoms with Crippen LogP contribution in [0.2, 0.25) is 0 Å². The van der Waals surface area contributed by atoms with Gasteiger partial charge in [-0.15, -0.1) is 6.42 Å². The third kappa shape index (κ3) is 11.1. The van der Waals surface area contributed by atoms with Gasteiger partial charge in [0, 0.05) is 0 Å². The van der Waals surface area contributed by atoms with E-state index in [1.54, 1.807) is 12.1 Å². The Morgan fingerprint density at radius 1 is 0.778 bits per heavy atom. The molecule has 4 heteroatoms. The molecule has 0 N–H and O–H groups in total. The summed E-state index contributed by atoms with van der Waals surface area (Å²) in [6, 6.07) is 15.7. The summed E-state index contributed by atoms with van der Waals surface area (Å²) >= 11 is 0. The predicted octanol–water partition coefficient (Wildman–Crippen LogP) is 7.52. The van der Waals surface area contributed by atoms with Crippen LogP contribution in [0.4, 0.5) is 0 Å². The Hall–Kier alpha value is -3.06. The Morgan fingerprint density at radius 2 is 1.33 bits per heavy atom. The van der Waals surface area contributed by atoms with Crippen molar-refractivity contribution < 1.29 is 19.1 Å². The van der Waals surface area contributed by atoms with Crippen molar-refractivity contribution in [2.45, 2.75) is 97.0 Å². The molecule has 0 fully saturated rings. The zero-order valence-electron chi connectivity index (χ0n) is 22.1. The van der Waals surface area contributed by atoms with Crippen molar-refractivity contribution in [3.8, 4) is 18.1 Å².